The molecular weight excluding hydrogens is 476 g/mol. The van der Waals surface area contributed by atoms with E-state index in [1.807, 2.05) is 12.1 Å². The van der Waals surface area contributed by atoms with Gasteiger partial charge in [-0.2, -0.15) is 0 Å². The molecule has 7 nitrogen and oxygen atoms in total. The van der Waals surface area contributed by atoms with Crippen molar-refractivity contribution in [3.8, 4) is 16.2 Å². The fourth-order valence-electron chi connectivity index (χ4n) is 3.74. The molecule has 2 aromatic carbocycles. The first-order valence-corrected chi connectivity index (χ1v) is 11.7. The molecule has 3 aromatic rings. The number of benzene rings is 2. The molecule has 0 fully saturated rings. The molecule has 0 atom stereocenters. The SMILES string of the molecule is COC(=O)c1ccc2c(c1)OCCc1cc(C(=O)N(C)c3ccc(C(=O)N(C)C)cc3Cl)sc1-2. The lowest BCUT2D eigenvalue weighted by Crippen LogP contribution is -2.26. The first-order valence-electron chi connectivity index (χ1n) is 10.5. The second kappa shape index (κ2) is 9.48. The number of fused-ring (bicyclic) bond motifs is 3. The van der Waals surface area contributed by atoms with E-state index in [4.69, 9.17) is 21.1 Å². The van der Waals surface area contributed by atoms with Gasteiger partial charge in [0.05, 0.1) is 34.9 Å². The van der Waals surface area contributed by atoms with Crippen LogP contribution in [0, 0.1) is 0 Å². The summed E-state index contributed by atoms with van der Waals surface area (Å²) in [5.74, 6) is -0.226. The molecule has 0 radical (unpaired) electrons. The summed E-state index contributed by atoms with van der Waals surface area (Å²) in [6.45, 7) is 0.429. The molecule has 176 valence electrons. The minimum Gasteiger partial charge on any atom is -0.493 e. The number of nitrogens with zero attached hydrogens (tertiary/aromatic N) is 2. The summed E-state index contributed by atoms with van der Waals surface area (Å²) in [6, 6.07) is 11.9. The van der Waals surface area contributed by atoms with Crippen LogP contribution in [0.3, 0.4) is 0 Å². The zero-order chi connectivity index (χ0) is 24.6. The van der Waals surface area contributed by atoms with E-state index in [1.165, 1.54) is 28.2 Å². The Labute approximate surface area is 206 Å². The highest BCUT2D eigenvalue weighted by molar-refractivity contribution is 7.17. The van der Waals surface area contributed by atoms with Crippen LogP contribution in [0.2, 0.25) is 5.02 Å². The van der Waals surface area contributed by atoms with Gasteiger partial charge in [0.25, 0.3) is 11.8 Å². The number of hydrogen-bond acceptors (Lipinski definition) is 6. The normalized spacial score (nSPS) is 12.0. The number of halogens is 1. The van der Waals surface area contributed by atoms with Crippen LogP contribution >= 0.6 is 22.9 Å². The zero-order valence-electron chi connectivity index (χ0n) is 19.2. The zero-order valence-corrected chi connectivity index (χ0v) is 20.7. The molecule has 4 rings (SSSR count). The molecule has 9 heteroatoms. The number of carbonyl (C=O) groups excluding carboxylic acids is 3. The smallest absolute Gasteiger partial charge is 0.337 e. The third kappa shape index (κ3) is 4.38. The van der Waals surface area contributed by atoms with E-state index in [0.717, 1.165) is 16.0 Å². The summed E-state index contributed by atoms with van der Waals surface area (Å²) < 4.78 is 10.7. The van der Waals surface area contributed by atoms with Gasteiger partial charge in [0.15, 0.2) is 0 Å². The molecule has 2 heterocycles. The molecule has 0 bridgehead atoms. The Balaban J connectivity index is 1.65. The van der Waals surface area contributed by atoms with Crippen molar-refractivity contribution in [1.29, 1.82) is 0 Å². The topological polar surface area (TPSA) is 76.1 Å². The van der Waals surface area contributed by atoms with Crippen LogP contribution in [0.15, 0.2) is 42.5 Å². The van der Waals surface area contributed by atoms with E-state index in [2.05, 4.69) is 0 Å². The largest absolute Gasteiger partial charge is 0.493 e. The third-order valence-corrected chi connectivity index (χ3v) is 7.06. The van der Waals surface area contributed by atoms with Gasteiger partial charge in [-0.1, -0.05) is 11.6 Å². The Morgan fingerprint density at radius 2 is 1.74 bits per heavy atom. The van der Waals surface area contributed by atoms with E-state index in [1.54, 1.807) is 51.5 Å². The number of esters is 1. The second-order valence-electron chi connectivity index (χ2n) is 8.00. The highest BCUT2D eigenvalue weighted by atomic mass is 35.5. The number of carbonyl (C=O) groups is 3. The Morgan fingerprint density at radius 1 is 1.00 bits per heavy atom. The fraction of sp³-hybridized carbons (Fsp3) is 0.240. The quantitative estimate of drug-likeness (QED) is 0.484. The average molecular weight is 499 g/mol. The van der Waals surface area contributed by atoms with E-state index < -0.39 is 5.97 Å². The molecule has 34 heavy (non-hydrogen) atoms. The number of rotatable bonds is 4. The molecule has 0 spiro atoms. The van der Waals surface area contributed by atoms with Gasteiger partial charge in [-0.15, -0.1) is 11.3 Å². The number of amides is 2. The molecule has 0 saturated heterocycles. The van der Waals surface area contributed by atoms with Crippen molar-refractivity contribution >= 4 is 46.4 Å². The molecule has 0 aliphatic carbocycles. The van der Waals surface area contributed by atoms with Crippen LogP contribution in [0.5, 0.6) is 5.75 Å². The Bertz CT molecular complexity index is 1300. The highest BCUT2D eigenvalue weighted by Gasteiger charge is 2.25. The summed E-state index contributed by atoms with van der Waals surface area (Å²) in [5, 5.41) is 0.316. The van der Waals surface area contributed by atoms with Gasteiger partial charge in [-0.25, -0.2) is 4.79 Å². The van der Waals surface area contributed by atoms with Gasteiger partial charge in [-0.3, -0.25) is 9.59 Å². The summed E-state index contributed by atoms with van der Waals surface area (Å²) in [6.07, 6.45) is 0.632. The summed E-state index contributed by atoms with van der Waals surface area (Å²) in [5.41, 5.74) is 3.20. The van der Waals surface area contributed by atoms with E-state index in [0.29, 0.717) is 45.5 Å². The lowest BCUT2D eigenvalue weighted by Gasteiger charge is -2.19. The van der Waals surface area contributed by atoms with Crippen LogP contribution < -0.4 is 9.64 Å². The first-order chi connectivity index (χ1) is 16.2. The van der Waals surface area contributed by atoms with Crippen molar-refractivity contribution in [3.05, 3.63) is 69.1 Å². The van der Waals surface area contributed by atoms with Crippen molar-refractivity contribution in [2.45, 2.75) is 6.42 Å². The number of hydrogen-bond donors (Lipinski definition) is 0. The molecular formula is C25H23ClN2O5S. The van der Waals surface area contributed by atoms with Gasteiger partial charge in [0, 0.05) is 43.6 Å². The number of ether oxygens (including phenoxy) is 2. The average Bonchev–Trinajstić information content (AvgIpc) is 3.18. The monoisotopic (exact) mass is 498 g/mol. The van der Waals surface area contributed by atoms with Crippen LogP contribution in [0.1, 0.15) is 36.0 Å². The maximum absolute atomic E-state index is 13.3. The predicted octanol–water partition coefficient (Wildman–Crippen LogP) is 4.77. The van der Waals surface area contributed by atoms with Crippen molar-refractivity contribution in [1.82, 2.24) is 4.90 Å². The Kier molecular flexibility index (Phi) is 6.63. The van der Waals surface area contributed by atoms with Gasteiger partial charge in [0.1, 0.15) is 5.75 Å². The second-order valence-corrected chi connectivity index (χ2v) is 9.46. The number of thiophene rings is 1. The first kappa shape index (κ1) is 23.8. The van der Waals surface area contributed by atoms with E-state index >= 15 is 0 Å². The minimum absolute atomic E-state index is 0.166. The number of methoxy groups -OCH3 is 1. The van der Waals surface area contributed by atoms with Gasteiger partial charge >= 0.3 is 5.97 Å². The van der Waals surface area contributed by atoms with Gasteiger partial charge < -0.3 is 19.3 Å². The summed E-state index contributed by atoms with van der Waals surface area (Å²) in [7, 11) is 6.32. The lowest BCUT2D eigenvalue weighted by molar-refractivity contribution is 0.0600. The Morgan fingerprint density at radius 3 is 2.41 bits per heavy atom. The predicted molar refractivity (Wildman–Crippen MR) is 132 cm³/mol. The van der Waals surface area contributed by atoms with Crippen molar-refractivity contribution in [2.75, 3.05) is 39.8 Å². The van der Waals surface area contributed by atoms with Gasteiger partial charge in [-0.05, 0) is 48.0 Å². The van der Waals surface area contributed by atoms with E-state index in [9.17, 15) is 14.4 Å². The fourth-order valence-corrected chi connectivity index (χ4v) is 5.26. The molecule has 1 aliphatic heterocycles. The van der Waals surface area contributed by atoms with Gasteiger partial charge in [0.2, 0.25) is 0 Å². The van der Waals surface area contributed by atoms with E-state index in [-0.39, 0.29) is 11.8 Å². The van der Waals surface area contributed by atoms with Crippen LogP contribution in [-0.4, -0.2) is 57.5 Å². The van der Waals surface area contributed by atoms with Crippen LogP contribution in [-0.2, 0) is 11.2 Å². The summed E-state index contributed by atoms with van der Waals surface area (Å²) >= 11 is 7.80. The molecule has 0 N–H and O–H groups in total. The minimum atomic E-state index is -0.435. The maximum Gasteiger partial charge on any atom is 0.337 e. The van der Waals surface area contributed by atoms with Crippen molar-refractivity contribution < 1.29 is 23.9 Å². The molecule has 0 saturated carbocycles. The van der Waals surface area contributed by atoms with Crippen LogP contribution in [0.4, 0.5) is 5.69 Å². The Hall–Kier alpha value is -3.36. The van der Waals surface area contributed by atoms with Crippen molar-refractivity contribution in [2.24, 2.45) is 0 Å². The molecule has 1 aliphatic rings. The molecule has 2 amide bonds. The van der Waals surface area contributed by atoms with Crippen molar-refractivity contribution in [3.63, 3.8) is 0 Å². The summed E-state index contributed by atoms with van der Waals surface area (Å²) in [4.78, 5) is 41.9. The lowest BCUT2D eigenvalue weighted by atomic mass is 10.1. The molecule has 0 unspecified atom stereocenters. The van der Waals surface area contributed by atoms with Crippen LogP contribution in [0.25, 0.3) is 10.4 Å². The maximum atomic E-state index is 13.3. The highest BCUT2D eigenvalue weighted by Crippen LogP contribution is 2.42. The molecule has 1 aromatic heterocycles. The standard InChI is InChI=1S/C25H23ClN2O5S/c1-27(2)23(29)15-6-8-19(18(26)11-15)28(3)24(30)21-13-14-9-10-33-20-12-16(25(31)32-4)5-7-17(20)22(14)34-21/h5-8,11-13H,9-10H2,1-4H3. The third-order valence-electron chi connectivity index (χ3n) is 5.56. The number of anilines is 1.